The summed E-state index contributed by atoms with van der Waals surface area (Å²) in [5.74, 6) is 0. The first-order chi connectivity index (χ1) is 9.70. The van der Waals surface area contributed by atoms with Crippen LogP contribution in [-0.4, -0.2) is 36.3 Å². The van der Waals surface area contributed by atoms with Crippen molar-refractivity contribution in [2.45, 2.75) is 38.9 Å². The predicted molar refractivity (Wildman–Crippen MR) is 85.3 cm³/mol. The summed E-state index contributed by atoms with van der Waals surface area (Å²) in [5, 5.41) is 0. The van der Waals surface area contributed by atoms with Crippen LogP contribution in [0.5, 0.6) is 0 Å². The molecule has 0 N–H and O–H groups in total. The summed E-state index contributed by atoms with van der Waals surface area (Å²) >= 11 is 3.43. The van der Waals surface area contributed by atoms with Gasteiger partial charge >= 0.3 is 6.09 Å². The van der Waals surface area contributed by atoms with Gasteiger partial charge in [-0.3, -0.25) is 0 Å². The van der Waals surface area contributed by atoms with Crippen LogP contribution >= 0.6 is 15.9 Å². The van der Waals surface area contributed by atoms with E-state index in [2.05, 4.69) is 15.9 Å². The van der Waals surface area contributed by atoms with Crippen LogP contribution in [0.4, 0.5) is 4.79 Å². The number of ether oxygens (including phenoxy) is 2. The second kappa shape index (κ2) is 5.97. The largest absolute Gasteiger partial charge is 0.444 e. The summed E-state index contributed by atoms with van der Waals surface area (Å²) in [5.41, 5.74) is 0.0677. The summed E-state index contributed by atoms with van der Waals surface area (Å²) in [4.78, 5) is 13.9. The topological polar surface area (TPSA) is 38.8 Å². The molecule has 21 heavy (non-hydrogen) atoms. The van der Waals surface area contributed by atoms with Gasteiger partial charge in [-0.1, -0.05) is 28.1 Å². The highest BCUT2D eigenvalue weighted by Crippen LogP contribution is 2.31. The number of morpholine rings is 1. The Kier molecular flexibility index (Phi) is 4.63. The highest BCUT2D eigenvalue weighted by atomic mass is 79.9. The van der Waals surface area contributed by atoms with E-state index >= 15 is 0 Å². The third-order valence-electron chi connectivity index (χ3n) is 3.38. The Morgan fingerprint density at radius 1 is 1.33 bits per heavy atom. The van der Waals surface area contributed by atoms with E-state index in [0.29, 0.717) is 19.7 Å². The maximum Gasteiger partial charge on any atom is 0.410 e. The minimum absolute atomic E-state index is 0.283. The molecule has 1 aliphatic heterocycles. The number of halogens is 1. The Morgan fingerprint density at radius 2 is 1.95 bits per heavy atom. The Bertz CT molecular complexity index is 509. The van der Waals surface area contributed by atoms with Crippen LogP contribution in [0.3, 0.4) is 0 Å². The first-order valence-corrected chi connectivity index (χ1v) is 7.87. The fourth-order valence-corrected chi connectivity index (χ4v) is 2.59. The number of carbonyl (C=O) groups is 1. The lowest BCUT2D eigenvalue weighted by molar-refractivity contribution is -0.103. The molecular formula is C16H22BrNO3. The molecule has 1 fully saturated rings. The molecule has 1 unspecified atom stereocenters. The maximum atomic E-state index is 12.2. The lowest BCUT2D eigenvalue weighted by atomic mass is 9.94. The minimum Gasteiger partial charge on any atom is -0.444 e. The van der Waals surface area contributed by atoms with E-state index < -0.39 is 11.2 Å². The van der Waals surface area contributed by atoms with E-state index in [1.807, 2.05) is 52.0 Å². The van der Waals surface area contributed by atoms with Crippen molar-refractivity contribution < 1.29 is 14.3 Å². The molecule has 0 saturated carbocycles. The Labute approximate surface area is 134 Å². The third-order valence-corrected chi connectivity index (χ3v) is 3.91. The lowest BCUT2D eigenvalue weighted by Gasteiger charge is -2.41. The van der Waals surface area contributed by atoms with Crippen LogP contribution in [0.15, 0.2) is 28.7 Å². The normalized spacial score (nSPS) is 23.0. The van der Waals surface area contributed by atoms with Gasteiger partial charge < -0.3 is 14.4 Å². The van der Waals surface area contributed by atoms with E-state index in [1.165, 1.54) is 0 Å². The summed E-state index contributed by atoms with van der Waals surface area (Å²) in [7, 11) is 0. The monoisotopic (exact) mass is 355 g/mol. The first kappa shape index (κ1) is 16.3. The Morgan fingerprint density at radius 3 is 2.52 bits per heavy atom. The fraction of sp³-hybridized carbons (Fsp3) is 0.562. The van der Waals surface area contributed by atoms with E-state index in [-0.39, 0.29) is 6.09 Å². The van der Waals surface area contributed by atoms with Crippen molar-refractivity contribution in [2.24, 2.45) is 0 Å². The molecule has 0 spiro atoms. The molecule has 5 heteroatoms. The zero-order chi connectivity index (χ0) is 15.7. The zero-order valence-corrected chi connectivity index (χ0v) is 14.6. The molecule has 1 aliphatic rings. The molecule has 1 saturated heterocycles. The SMILES string of the molecule is CC(C)(C)OC(=O)N1CCOC(C)(c2ccc(Br)cc2)C1. The number of rotatable bonds is 1. The summed E-state index contributed by atoms with van der Waals surface area (Å²) in [6, 6.07) is 8.00. The van der Waals surface area contributed by atoms with E-state index in [4.69, 9.17) is 9.47 Å². The third kappa shape index (κ3) is 4.20. The zero-order valence-electron chi connectivity index (χ0n) is 13.0. The number of hydrogen-bond donors (Lipinski definition) is 0. The van der Waals surface area contributed by atoms with Crippen molar-refractivity contribution >= 4 is 22.0 Å². The Hall–Kier alpha value is -1.07. The van der Waals surface area contributed by atoms with Gasteiger partial charge in [-0.25, -0.2) is 4.79 Å². The van der Waals surface area contributed by atoms with Gasteiger partial charge in [0.2, 0.25) is 0 Å². The molecule has 1 amide bonds. The average Bonchev–Trinajstić information content (AvgIpc) is 2.37. The van der Waals surface area contributed by atoms with Gasteiger partial charge in [0, 0.05) is 11.0 Å². The molecule has 2 rings (SSSR count). The van der Waals surface area contributed by atoms with Gasteiger partial charge in [-0.15, -0.1) is 0 Å². The molecule has 0 bridgehead atoms. The van der Waals surface area contributed by atoms with Crippen LogP contribution in [0.2, 0.25) is 0 Å². The van der Waals surface area contributed by atoms with Crippen molar-refractivity contribution in [2.75, 3.05) is 19.7 Å². The van der Waals surface area contributed by atoms with Gasteiger partial charge in [0.25, 0.3) is 0 Å². The van der Waals surface area contributed by atoms with Crippen molar-refractivity contribution in [1.29, 1.82) is 0 Å². The first-order valence-electron chi connectivity index (χ1n) is 7.08. The van der Waals surface area contributed by atoms with Crippen LogP contribution in [-0.2, 0) is 15.1 Å². The summed E-state index contributed by atoms with van der Waals surface area (Å²) in [6.07, 6.45) is -0.283. The highest BCUT2D eigenvalue weighted by molar-refractivity contribution is 9.10. The summed E-state index contributed by atoms with van der Waals surface area (Å²) < 4.78 is 12.4. The molecule has 0 aromatic heterocycles. The molecule has 1 atom stereocenters. The highest BCUT2D eigenvalue weighted by Gasteiger charge is 2.37. The number of nitrogens with zero attached hydrogens (tertiary/aromatic N) is 1. The van der Waals surface area contributed by atoms with E-state index in [1.54, 1.807) is 4.90 Å². The molecule has 0 aliphatic carbocycles. The molecule has 1 heterocycles. The quantitative estimate of drug-likeness (QED) is 0.765. The number of hydrogen-bond acceptors (Lipinski definition) is 3. The molecule has 0 radical (unpaired) electrons. The van der Waals surface area contributed by atoms with Gasteiger partial charge in [0.15, 0.2) is 0 Å². The van der Waals surface area contributed by atoms with Crippen molar-refractivity contribution in [1.82, 2.24) is 4.90 Å². The molecule has 116 valence electrons. The molecular weight excluding hydrogens is 334 g/mol. The molecule has 4 nitrogen and oxygen atoms in total. The fourth-order valence-electron chi connectivity index (χ4n) is 2.33. The second-order valence-corrected chi connectivity index (χ2v) is 7.40. The number of benzene rings is 1. The van der Waals surface area contributed by atoms with E-state index in [0.717, 1.165) is 10.0 Å². The van der Waals surface area contributed by atoms with Crippen LogP contribution in [0.25, 0.3) is 0 Å². The van der Waals surface area contributed by atoms with Crippen molar-refractivity contribution in [3.63, 3.8) is 0 Å². The van der Waals surface area contributed by atoms with Gasteiger partial charge in [-0.05, 0) is 45.4 Å². The average molecular weight is 356 g/mol. The van der Waals surface area contributed by atoms with Crippen molar-refractivity contribution in [3.05, 3.63) is 34.3 Å². The van der Waals surface area contributed by atoms with Gasteiger partial charge in [0.05, 0.1) is 13.2 Å². The summed E-state index contributed by atoms with van der Waals surface area (Å²) in [6.45, 7) is 9.18. The predicted octanol–water partition coefficient (Wildman–Crippen LogP) is 3.93. The van der Waals surface area contributed by atoms with Crippen molar-refractivity contribution in [3.8, 4) is 0 Å². The van der Waals surface area contributed by atoms with Gasteiger partial charge in [-0.2, -0.15) is 0 Å². The molecule has 1 aromatic rings. The minimum atomic E-state index is -0.504. The van der Waals surface area contributed by atoms with Crippen LogP contribution < -0.4 is 0 Å². The number of amides is 1. The second-order valence-electron chi connectivity index (χ2n) is 6.49. The molecule has 1 aromatic carbocycles. The maximum absolute atomic E-state index is 12.2. The van der Waals surface area contributed by atoms with Crippen LogP contribution in [0.1, 0.15) is 33.3 Å². The van der Waals surface area contributed by atoms with Crippen LogP contribution in [0, 0.1) is 0 Å². The Balaban J connectivity index is 2.12. The van der Waals surface area contributed by atoms with E-state index in [9.17, 15) is 4.79 Å². The smallest absolute Gasteiger partial charge is 0.410 e. The lowest BCUT2D eigenvalue weighted by Crippen LogP contribution is -2.51. The van der Waals surface area contributed by atoms with Gasteiger partial charge in [0.1, 0.15) is 11.2 Å². The standard InChI is InChI=1S/C16H22BrNO3/c1-15(2,3)21-14(19)18-9-10-20-16(4,11-18)12-5-7-13(17)8-6-12/h5-8H,9-11H2,1-4H3. The number of carbonyl (C=O) groups excluding carboxylic acids is 1.